The molecular weight excluding hydrogens is 212 g/mol. The molecule has 0 saturated carbocycles. The summed E-state index contributed by atoms with van der Waals surface area (Å²) >= 11 is 0. The van der Waals surface area contributed by atoms with E-state index >= 15 is 0 Å². The molecule has 1 unspecified atom stereocenters. The van der Waals surface area contributed by atoms with Gasteiger partial charge in [0, 0.05) is 20.6 Å². The smallest absolute Gasteiger partial charge is 0.238 e. The fraction of sp³-hybridized carbons (Fsp3) is 0.500. The normalized spacial score (nSPS) is 12.3. The first-order chi connectivity index (χ1) is 7.91. The number of hydrogen-bond donors (Lipinski definition) is 1. The molecule has 0 fully saturated rings. The highest BCUT2D eigenvalue weighted by molar-refractivity contribution is 5.80. The molecule has 0 aliphatic rings. The number of rotatable bonds is 4. The predicted molar refractivity (Wildman–Crippen MR) is 70.9 cm³/mol. The number of nitrogens with one attached hydrogen (secondary N) is 1. The van der Waals surface area contributed by atoms with Gasteiger partial charge in [-0.05, 0) is 37.5 Å². The highest BCUT2D eigenvalue weighted by Crippen LogP contribution is 2.09. The summed E-state index contributed by atoms with van der Waals surface area (Å²) in [5, 5.41) is 3.24. The van der Waals surface area contributed by atoms with Crippen LogP contribution in [-0.4, -0.2) is 30.9 Å². The monoisotopic (exact) mass is 234 g/mol. The van der Waals surface area contributed by atoms with E-state index in [9.17, 15) is 4.79 Å². The molecule has 1 atom stereocenters. The van der Waals surface area contributed by atoms with E-state index in [1.807, 2.05) is 6.92 Å². The molecule has 94 valence electrons. The Balaban J connectivity index is 2.56. The second-order valence-electron chi connectivity index (χ2n) is 4.75. The minimum atomic E-state index is -0.147. The third-order valence-corrected chi connectivity index (χ3v) is 2.99. The number of amides is 1. The molecule has 1 rings (SSSR count). The highest BCUT2D eigenvalue weighted by Gasteiger charge is 2.13. The van der Waals surface area contributed by atoms with Crippen LogP contribution in [0.4, 0.5) is 0 Å². The van der Waals surface area contributed by atoms with E-state index in [0.717, 1.165) is 6.54 Å². The molecule has 0 aliphatic heterocycles. The summed E-state index contributed by atoms with van der Waals surface area (Å²) < 4.78 is 0. The first kappa shape index (κ1) is 13.7. The van der Waals surface area contributed by atoms with E-state index in [4.69, 9.17) is 0 Å². The van der Waals surface area contributed by atoms with E-state index in [1.54, 1.807) is 19.0 Å². The summed E-state index contributed by atoms with van der Waals surface area (Å²) in [4.78, 5) is 13.3. The first-order valence-electron chi connectivity index (χ1n) is 5.92. The minimum absolute atomic E-state index is 0.105. The van der Waals surface area contributed by atoms with Gasteiger partial charge >= 0.3 is 0 Å². The molecule has 0 saturated heterocycles. The zero-order chi connectivity index (χ0) is 13.0. The Hall–Kier alpha value is -1.35. The molecule has 0 aliphatic carbocycles. The Morgan fingerprint density at radius 3 is 2.47 bits per heavy atom. The van der Waals surface area contributed by atoms with E-state index in [-0.39, 0.29) is 11.9 Å². The van der Waals surface area contributed by atoms with Crippen LogP contribution < -0.4 is 5.32 Å². The van der Waals surface area contributed by atoms with Crippen LogP contribution in [0.3, 0.4) is 0 Å². The third kappa shape index (κ3) is 3.86. The zero-order valence-electron chi connectivity index (χ0n) is 11.4. The Bertz CT molecular complexity index is 399. The van der Waals surface area contributed by atoms with Gasteiger partial charge in [-0.3, -0.25) is 4.79 Å². The van der Waals surface area contributed by atoms with Crippen LogP contribution in [0.25, 0.3) is 0 Å². The van der Waals surface area contributed by atoms with Crippen molar-refractivity contribution < 1.29 is 4.79 Å². The van der Waals surface area contributed by atoms with Gasteiger partial charge in [0.15, 0.2) is 0 Å². The quantitative estimate of drug-likeness (QED) is 0.862. The first-order valence-corrected chi connectivity index (χ1v) is 5.92. The molecule has 0 heterocycles. The van der Waals surface area contributed by atoms with Crippen molar-refractivity contribution in [2.75, 3.05) is 14.1 Å². The lowest BCUT2D eigenvalue weighted by Crippen LogP contribution is -2.41. The second-order valence-corrected chi connectivity index (χ2v) is 4.75. The van der Waals surface area contributed by atoms with Crippen molar-refractivity contribution >= 4 is 5.91 Å². The van der Waals surface area contributed by atoms with Crippen molar-refractivity contribution in [3.8, 4) is 0 Å². The number of likely N-dealkylation sites (N-methyl/N-ethyl adjacent to an activating group) is 1. The molecule has 3 heteroatoms. The van der Waals surface area contributed by atoms with Crippen LogP contribution in [0.15, 0.2) is 18.2 Å². The van der Waals surface area contributed by atoms with E-state index < -0.39 is 0 Å². The van der Waals surface area contributed by atoms with Crippen molar-refractivity contribution in [3.63, 3.8) is 0 Å². The van der Waals surface area contributed by atoms with Gasteiger partial charge in [0.2, 0.25) is 5.91 Å². The van der Waals surface area contributed by atoms with Gasteiger partial charge in [-0.15, -0.1) is 0 Å². The molecule has 3 nitrogen and oxygen atoms in total. The molecule has 1 aromatic carbocycles. The van der Waals surface area contributed by atoms with Crippen LogP contribution in [0.2, 0.25) is 0 Å². The number of carbonyl (C=O) groups excluding carboxylic acids is 1. The van der Waals surface area contributed by atoms with E-state index in [2.05, 4.69) is 37.4 Å². The zero-order valence-corrected chi connectivity index (χ0v) is 11.4. The molecule has 0 radical (unpaired) electrons. The molecule has 0 spiro atoms. The summed E-state index contributed by atoms with van der Waals surface area (Å²) in [5.41, 5.74) is 3.80. The molecule has 1 aromatic rings. The van der Waals surface area contributed by atoms with Crippen LogP contribution >= 0.6 is 0 Å². The van der Waals surface area contributed by atoms with Gasteiger partial charge in [-0.25, -0.2) is 0 Å². The van der Waals surface area contributed by atoms with Crippen LogP contribution in [0.5, 0.6) is 0 Å². The van der Waals surface area contributed by atoms with Crippen LogP contribution in [0, 0.1) is 13.8 Å². The second kappa shape index (κ2) is 5.82. The lowest BCUT2D eigenvalue weighted by atomic mass is 10.1. The average molecular weight is 234 g/mol. The van der Waals surface area contributed by atoms with Crippen molar-refractivity contribution in [1.82, 2.24) is 10.2 Å². The number of aryl methyl sites for hydroxylation is 2. The third-order valence-electron chi connectivity index (χ3n) is 2.99. The van der Waals surface area contributed by atoms with Crippen molar-refractivity contribution in [2.24, 2.45) is 0 Å². The summed E-state index contributed by atoms with van der Waals surface area (Å²) in [7, 11) is 3.55. The fourth-order valence-electron chi connectivity index (χ4n) is 1.66. The lowest BCUT2D eigenvalue weighted by Gasteiger charge is -2.18. The summed E-state index contributed by atoms with van der Waals surface area (Å²) in [5.74, 6) is 0.105. The van der Waals surface area contributed by atoms with E-state index in [0.29, 0.717) is 0 Å². The Morgan fingerprint density at radius 2 is 1.94 bits per heavy atom. The molecule has 0 bridgehead atoms. The van der Waals surface area contributed by atoms with Gasteiger partial charge in [0.1, 0.15) is 0 Å². The van der Waals surface area contributed by atoms with Crippen molar-refractivity contribution in [3.05, 3.63) is 34.9 Å². The van der Waals surface area contributed by atoms with Crippen molar-refractivity contribution in [1.29, 1.82) is 0 Å². The van der Waals surface area contributed by atoms with Crippen molar-refractivity contribution in [2.45, 2.75) is 33.4 Å². The Morgan fingerprint density at radius 1 is 1.29 bits per heavy atom. The SMILES string of the molecule is Cc1ccc(CNC(C)C(=O)N(C)C)cc1C. The minimum Gasteiger partial charge on any atom is -0.347 e. The summed E-state index contributed by atoms with van der Waals surface area (Å²) in [6.45, 7) is 6.82. The predicted octanol–water partition coefficient (Wildman–Crippen LogP) is 1.87. The Labute approximate surface area is 104 Å². The topological polar surface area (TPSA) is 32.3 Å². The lowest BCUT2D eigenvalue weighted by molar-refractivity contribution is -0.130. The molecule has 1 N–H and O–H groups in total. The van der Waals surface area contributed by atoms with Crippen LogP contribution in [0.1, 0.15) is 23.6 Å². The molecule has 17 heavy (non-hydrogen) atoms. The number of hydrogen-bond acceptors (Lipinski definition) is 2. The number of carbonyl (C=O) groups is 1. The largest absolute Gasteiger partial charge is 0.347 e. The van der Waals surface area contributed by atoms with Gasteiger partial charge < -0.3 is 10.2 Å². The Kier molecular flexibility index (Phi) is 4.70. The van der Waals surface area contributed by atoms with Gasteiger partial charge in [-0.2, -0.15) is 0 Å². The standard InChI is InChI=1S/C14H22N2O/c1-10-6-7-13(8-11(10)2)9-15-12(3)14(17)16(4)5/h6-8,12,15H,9H2,1-5H3. The maximum absolute atomic E-state index is 11.6. The fourth-order valence-corrected chi connectivity index (χ4v) is 1.66. The summed E-state index contributed by atoms with van der Waals surface area (Å²) in [6.07, 6.45) is 0. The maximum atomic E-state index is 11.6. The van der Waals surface area contributed by atoms with Gasteiger partial charge in [0.05, 0.1) is 6.04 Å². The molecule has 1 amide bonds. The number of benzene rings is 1. The van der Waals surface area contributed by atoms with Gasteiger partial charge in [0.25, 0.3) is 0 Å². The highest BCUT2D eigenvalue weighted by atomic mass is 16.2. The maximum Gasteiger partial charge on any atom is 0.238 e. The average Bonchev–Trinajstić information content (AvgIpc) is 2.29. The number of nitrogens with zero attached hydrogens (tertiary/aromatic N) is 1. The van der Waals surface area contributed by atoms with E-state index in [1.165, 1.54) is 16.7 Å². The molecule has 0 aromatic heterocycles. The van der Waals surface area contributed by atoms with Crippen LogP contribution in [-0.2, 0) is 11.3 Å². The molecular formula is C14H22N2O. The van der Waals surface area contributed by atoms with Gasteiger partial charge in [-0.1, -0.05) is 18.2 Å². The summed E-state index contributed by atoms with van der Waals surface area (Å²) in [6, 6.07) is 6.23.